The summed E-state index contributed by atoms with van der Waals surface area (Å²) in [6.07, 6.45) is 0. The number of nitro benzene ring substituents is 1. The number of rotatable bonds is 7. The molecule has 1 amide bonds. The lowest BCUT2D eigenvalue weighted by molar-refractivity contribution is -0.384. The fraction of sp³-hybridized carbons (Fsp3) is 0.278. The second-order valence-electron chi connectivity index (χ2n) is 5.65. The highest BCUT2D eigenvalue weighted by atomic mass is 32.2. The van der Waals surface area contributed by atoms with Crippen LogP contribution in [0.15, 0.2) is 48.5 Å². The molecule has 2 aromatic carbocycles. The zero-order valence-electron chi connectivity index (χ0n) is 14.0. The molecule has 0 saturated carbocycles. The molecule has 1 aliphatic rings. The van der Waals surface area contributed by atoms with Crippen molar-refractivity contribution in [1.29, 1.82) is 0 Å². The second kappa shape index (κ2) is 8.95. The van der Waals surface area contributed by atoms with Crippen LogP contribution in [0.25, 0.3) is 0 Å². The number of para-hydroxylation sites is 2. The molecule has 0 aromatic heterocycles. The third-order valence-corrected chi connectivity index (χ3v) is 7.00. The van der Waals surface area contributed by atoms with E-state index in [1.165, 1.54) is 23.1 Å². The Balaban J connectivity index is 1.48. The molecule has 3 rings (SSSR count). The van der Waals surface area contributed by atoms with Crippen molar-refractivity contribution < 1.29 is 9.72 Å². The number of benzene rings is 2. The van der Waals surface area contributed by atoms with Crippen molar-refractivity contribution >= 4 is 40.8 Å². The molecule has 1 saturated heterocycles. The molecule has 0 atom stereocenters. The van der Waals surface area contributed by atoms with Gasteiger partial charge in [-0.1, -0.05) is 24.3 Å². The van der Waals surface area contributed by atoms with E-state index in [0.29, 0.717) is 28.9 Å². The van der Waals surface area contributed by atoms with Gasteiger partial charge in [0.05, 0.1) is 9.51 Å². The largest absolute Gasteiger partial charge is 0.378 e. The standard InChI is InChI=1S/C18H19N3O3S2/c22-17(13-5-7-14(8-6-13)18-25-11-12-26-18)20-10-9-19-15-3-1-2-4-16(15)21(23)24/h1-8,18-19H,9-12H2,(H,20,22). The van der Waals surface area contributed by atoms with Gasteiger partial charge in [0.15, 0.2) is 0 Å². The summed E-state index contributed by atoms with van der Waals surface area (Å²) in [6, 6.07) is 14.2. The molecule has 0 spiro atoms. The number of nitrogens with zero attached hydrogens (tertiary/aromatic N) is 1. The molecular formula is C18H19N3O3S2. The fourth-order valence-electron chi connectivity index (χ4n) is 2.60. The van der Waals surface area contributed by atoms with Crippen LogP contribution in [0.2, 0.25) is 0 Å². The molecule has 1 fully saturated rings. The Morgan fingerprint density at radius 3 is 2.46 bits per heavy atom. The second-order valence-corrected chi connectivity index (χ2v) is 8.38. The highest BCUT2D eigenvalue weighted by Crippen LogP contribution is 2.45. The summed E-state index contributed by atoms with van der Waals surface area (Å²) in [5.74, 6) is 2.20. The molecule has 0 radical (unpaired) electrons. The molecule has 1 heterocycles. The Kier molecular flexibility index (Phi) is 6.40. The Labute approximate surface area is 160 Å². The lowest BCUT2D eigenvalue weighted by Gasteiger charge is -2.10. The maximum absolute atomic E-state index is 12.2. The summed E-state index contributed by atoms with van der Waals surface area (Å²) in [5.41, 5.74) is 2.33. The smallest absolute Gasteiger partial charge is 0.292 e. The quantitative estimate of drug-likeness (QED) is 0.424. The van der Waals surface area contributed by atoms with E-state index in [1.54, 1.807) is 18.2 Å². The fourth-order valence-corrected chi connectivity index (χ4v) is 5.46. The van der Waals surface area contributed by atoms with E-state index in [9.17, 15) is 14.9 Å². The van der Waals surface area contributed by atoms with E-state index in [0.717, 1.165) is 0 Å². The summed E-state index contributed by atoms with van der Waals surface area (Å²) in [5, 5.41) is 16.8. The van der Waals surface area contributed by atoms with E-state index >= 15 is 0 Å². The van der Waals surface area contributed by atoms with Crippen LogP contribution in [-0.4, -0.2) is 35.4 Å². The lowest BCUT2D eigenvalue weighted by atomic mass is 10.1. The molecular weight excluding hydrogens is 370 g/mol. The third kappa shape index (κ3) is 4.70. The normalized spacial score (nSPS) is 14.2. The first-order valence-electron chi connectivity index (χ1n) is 8.24. The van der Waals surface area contributed by atoms with E-state index in [-0.39, 0.29) is 11.6 Å². The van der Waals surface area contributed by atoms with Crippen LogP contribution in [0.5, 0.6) is 0 Å². The monoisotopic (exact) mass is 389 g/mol. The van der Waals surface area contributed by atoms with E-state index in [1.807, 2.05) is 47.8 Å². The topological polar surface area (TPSA) is 84.3 Å². The van der Waals surface area contributed by atoms with Crippen molar-refractivity contribution in [2.75, 3.05) is 29.9 Å². The molecule has 26 heavy (non-hydrogen) atoms. The molecule has 8 heteroatoms. The SMILES string of the molecule is O=C(NCCNc1ccccc1[N+](=O)[O-])c1ccc(C2SCCS2)cc1. The Morgan fingerprint density at radius 1 is 1.08 bits per heavy atom. The minimum atomic E-state index is -0.427. The van der Waals surface area contributed by atoms with Crippen LogP contribution < -0.4 is 10.6 Å². The number of amides is 1. The third-order valence-electron chi connectivity index (χ3n) is 3.89. The van der Waals surface area contributed by atoms with Crippen LogP contribution in [0.3, 0.4) is 0 Å². The zero-order chi connectivity index (χ0) is 18.4. The van der Waals surface area contributed by atoms with Crippen molar-refractivity contribution in [1.82, 2.24) is 5.32 Å². The maximum Gasteiger partial charge on any atom is 0.292 e. The van der Waals surface area contributed by atoms with Gasteiger partial charge in [0.2, 0.25) is 0 Å². The van der Waals surface area contributed by atoms with Crippen molar-refractivity contribution in [3.8, 4) is 0 Å². The van der Waals surface area contributed by atoms with Gasteiger partial charge in [0, 0.05) is 36.2 Å². The number of hydrogen-bond donors (Lipinski definition) is 2. The van der Waals surface area contributed by atoms with Crippen molar-refractivity contribution in [3.63, 3.8) is 0 Å². The van der Waals surface area contributed by atoms with Gasteiger partial charge in [-0.25, -0.2) is 0 Å². The molecule has 0 unspecified atom stereocenters. The highest BCUT2D eigenvalue weighted by molar-refractivity contribution is 8.19. The van der Waals surface area contributed by atoms with Gasteiger partial charge in [0.1, 0.15) is 5.69 Å². The summed E-state index contributed by atoms with van der Waals surface area (Å²) in [6.45, 7) is 0.783. The molecule has 0 aliphatic carbocycles. The van der Waals surface area contributed by atoms with Gasteiger partial charge in [-0.3, -0.25) is 14.9 Å². The summed E-state index contributed by atoms with van der Waals surface area (Å²) >= 11 is 3.87. The summed E-state index contributed by atoms with van der Waals surface area (Å²) in [4.78, 5) is 22.7. The summed E-state index contributed by atoms with van der Waals surface area (Å²) in [7, 11) is 0. The first kappa shape index (κ1) is 18.6. The van der Waals surface area contributed by atoms with Crippen LogP contribution in [0, 0.1) is 10.1 Å². The van der Waals surface area contributed by atoms with Crippen LogP contribution in [0.4, 0.5) is 11.4 Å². The predicted octanol–water partition coefficient (Wildman–Crippen LogP) is 3.92. The molecule has 1 aliphatic heterocycles. The van der Waals surface area contributed by atoms with E-state index in [4.69, 9.17) is 0 Å². The number of thioether (sulfide) groups is 2. The van der Waals surface area contributed by atoms with Gasteiger partial charge in [-0.2, -0.15) is 0 Å². The Hall–Kier alpha value is -2.19. The maximum atomic E-state index is 12.2. The molecule has 0 bridgehead atoms. The summed E-state index contributed by atoms with van der Waals surface area (Å²) < 4.78 is 0.470. The van der Waals surface area contributed by atoms with Gasteiger partial charge in [0.25, 0.3) is 11.6 Å². The number of carbonyl (C=O) groups is 1. The number of nitro groups is 1. The number of carbonyl (C=O) groups excluding carboxylic acids is 1. The van der Waals surface area contributed by atoms with Gasteiger partial charge in [-0.15, -0.1) is 23.5 Å². The number of nitrogens with one attached hydrogen (secondary N) is 2. The van der Waals surface area contributed by atoms with Gasteiger partial charge >= 0.3 is 0 Å². The number of hydrogen-bond acceptors (Lipinski definition) is 6. The predicted molar refractivity (Wildman–Crippen MR) is 108 cm³/mol. The molecule has 2 N–H and O–H groups in total. The Morgan fingerprint density at radius 2 is 1.77 bits per heavy atom. The minimum Gasteiger partial charge on any atom is -0.378 e. The average Bonchev–Trinajstić information content (AvgIpc) is 3.20. The molecule has 136 valence electrons. The first-order valence-corrected chi connectivity index (χ1v) is 10.3. The van der Waals surface area contributed by atoms with E-state index in [2.05, 4.69) is 10.6 Å². The van der Waals surface area contributed by atoms with Crippen molar-refractivity contribution in [2.45, 2.75) is 4.58 Å². The molecule has 6 nitrogen and oxygen atoms in total. The van der Waals surface area contributed by atoms with Crippen LogP contribution in [0.1, 0.15) is 20.5 Å². The van der Waals surface area contributed by atoms with Crippen LogP contribution >= 0.6 is 23.5 Å². The minimum absolute atomic E-state index is 0.0251. The first-order chi connectivity index (χ1) is 12.6. The van der Waals surface area contributed by atoms with Gasteiger partial charge in [-0.05, 0) is 23.8 Å². The van der Waals surface area contributed by atoms with Crippen molar-refractivity contribution in [2.24, 2.45) is 0 Å². The lowest BCUT2D eigenvalue weighted by Crippen LogP contribution is -2.28. The van der Waals surface area contributed by atoms with E-state index < -0.39 is 4.92 Å². The Bertz CT molecular complexity index is 778. The molecule has 2 aromatic rings. The highest BCUT2D eigenvalue weighted by Gasteiger charge is 2.18. The van der Waals surface area contributed by atoms with Crippen LogP contribution in [-0.2, 0) is 0 Å². The zero-order valence-corrected chi connectivity index (χ0v) is 15.6. The van der Waals surface area contributed by atoms with Gasteiger partial charge < -0.3 is 10.6 Å². The number of anilines is 1. The van der Waals surface area contributed by atoms with Crippen molar-refractivity contribution in [3.05, 3.63) is 69.8 Å². The average molecular weight is 390 g/mol.